The van der Waals surface area contributed by atoms with Crippen molar-refractivity contribution >= 4 is 11.8 Å². The van der Waals surface area contributed by atoms with Gasteiger partial charge in [-0.3, -0.25) is 9.59 Å². The van der Waals surface area contributed by atoms with E-state index in [1.807, 2.05) is 48.5 Å². The SMILES string of the molecule is CCCCCN(CC(=O)N(Cc1cccn1Cc1ccccc1)C1CCCCC1)C(=O)c1ccc(-c2ccccc2)cc1. The highest BCUT2D eigenvalue weighted by Gasteiger charge is 2.29. The summed E-state index contributed by atoms with van der Waals surface area (Å²) in [4.78, 5) is 31.9. The van der Waals surface area contributed by atoms with Gasteiger partial charge in [0.1, 0.15) is 6.54 Å². The first-order chi connectivity index (χ1) is 21.1. The maximum Gasteiger partial charge on any atom is 0.254 e. The van der Waals surface area contributed by atoms with Crippen LogP contribution in [0.5, 0.6) is 0 Å². The third kappa shape index (κ3) is 8.25. The highest BCUT2D eigenvalue weighted by atomic mass is 16.2. The molecular formula is C38H45N3O2. The molecule has 1 fully saturated rings. The van der Waals surface area contributed by atoms with Gasteiger partial charge in [-0.25, -0.2) is 0 Å². The van der Waals surface area contributed by atoms with Gasteiger partial charge in [-0.15, -0.1) is 0 Å². The number of carbonyl (C=O) groups is 2. The molecule has 0 aliphatic heterocycles. The number of benzene rings is 3. The molecule has 0 saturated heterocycles. The monoisotopic (exact) mass is 575 g/mol. The highest BCUT2D eigenvalue weighted by molar-refractivity contribution is 5.97. The Morgan fingerprint density at radius 1 is 0.767 bits per heavy atom. The molecule has 4 aromatic rings. The summed E-state index contributed by atoms with van der Waals surface area (Å²) < 4.78 is 2.25. The molecule has 1 aliphatic carbocycles. The van der Waals surface area contributed by atoms with E-state index in [2.05, 4.69) is 71.1 Å². The van der Waals surface area contributed by atoms with Crippen molar-refractivity contribution in [2.75, 3.05) is 13.1 Å². The van der Waals surface area contributed by atoms with Gasteiger partial charge in [-0.1, -0.05) is 112 Å². The zero-order chi connectivity index (χ0) is 29.9. The zero-order valence-corrected chi connectivity index (χ0v) is 25.5. The van der Waals surface area contributed by atoms with Crippen LogP contribution in [-0.4, -0.2) is 45.3 Å². The van der Waals surface area contributed by atoms with Gasteiger partial charge in [0.05, 0.1) is 6.54 Å². The lowest BCUT2D eigenvalue weighted by atomic mass is 9.94. The molecule has 1 heterocycles. The summed E-state index contributed by atoms with van der Waals surface area (Å²) in [6, 6.07) is 32.8. The average molecular weight is 576 g/mol. The van der Waals surface area contributed by atoms with Crippen LogP contribution >= 0.6 is 0 Å². The van der Waals surface area contributed by atoms with Gasteiger partial charge >= 0.3 is 0 Å². The van der Waals surface area contributed by atoms with Crippen LogP contribution in [-0.2, 0) is 17.9 Å². The lowest BCUT2D eigenvalue weighted by Crippen LogP contribution is -2.47. The van der Waals surface area contributed by atoms with E-state index < -0.39 is 0 Å². The van der Waals surface area contributed by atoms with Gasteiger partial charge in [0.25, 0.3) is 5.91 Å². The van der Waals surface area contributed by atoms with Crippen molar-refractivity contribution in [2.45, 2.75) is 77.4 Å². The number of hydrogen-bond acceptors (Lipinski definition) is 2. The van der Waals surface area contributed by atoms with Crippen molar-refractivity contribution in [1.29, 1.82) is 0 Å². The molecule has 224 valence electrons. The van der Waals surface area contributed by atoms with Crippen LogP contribution < -0.4 is 0 Å². The van der Waals surface area contributed by atoms with Gasteiger partial charge in [-0.2, -0.15) is 0 Å². The van der Waals surface area contributed by atoms with E-state index in [0.717, 1.165) is 68.3 Å². The molecule has 0 N–H and O–H groups in total. The molecule has 0 spiro atoms. The number of rotatable bonds is 13. The lowest BCUT2D eigenvalue weighted by molar-refractivity contribution is -0.135. The normalized spacial score (nSPS) is 13.5. The second kappa shape index (κ2) is 15.4. The van der Waals surface area contributed by atoms with Crippen LogP contribution in [0.15, 0.2) is 103 Å². The van der Waals surface area contributed by atoms with E-state index in [0.29, 0.717) is 18.7 Å². The molecule has 0 radical (unpaired) electrons. The minimum atomic E-state index is -0.0693. The predicted octanol–water partition coefficient (Wildman–Crippen LogP) is 8.20. The van der Waals surface area contributed by atoms with Crippen LogP contribution in [0.4, 0.5) is 0 Å². The van der Waals surface area contributed by atoms with Gasteiger partial charge in [0.15, 0.2) is 0 Å². The van der Waals surface area contributed by atoms with E-state index in [4.69, 9.17) is 0 Å². The van der Waals surface area contributed by atoms with Crippen molar-refractivity contribution in [1.82, 2.24) is 14.4 Å². The van der Waals surface area contributed by atoms with Crippen molar-refractivity contribution in [3.05, 3.63) is 120 Å². The van der Waals surface area contributed by atoms with E-state index in [1.165, 1.54) is 12.0 Å². The molecule has 5 heteroatoms. The summed E-state index contributed by atoms with van der Waals surface area (Å²) in [6.45, 7) is 4.19. The first-order valence-corrected chi connectivity index (χ1v) is 16.0. The maximum absolute atomic E-state index is 14.2. The fraction of sp³-hybridized carbons (Fsp3) is 0.368. The Labute approximate surface area is 257 Å². The Morgan fingerprint density at radius 3 is 2.14 bits per heavy atom. The second-order valence-corrected chi connectivity index (χ2v) is 11.8. The minimum Gasteiger partial charge on any atom is -0.345 e. The average Bonchev–Trinajstić information content (AvgIpc) is 3.50. The largest absolute Gasteiger partial charge is 0.345 e. The third-order valence-electron chi connectivity index (χ3n) is 8.67. The molecular weight excluding hydrogens is 530 g/mol. The van der Waals surface area contributed by atoms with E-state index in [9.17, 15) is 9.59 Å². The summed E-state index contributed by atoms with van der Waals surface area (Å²) in [5.74, 6) is -0.0229. The molecule has 43 heavy (non-hydrogen) atoms. The summed E-state index contributed by atoms with van der Waals surface area (Å²) in [6.07, 6.45) is 10.7. The number of nitrogens with zero attached hydrogens (tertiary/aromatic N) is 3. The summed E-state index contributed by atoms with van der Waals surface area (Å²) in [7, 11) is 0. The van der Waals surface area contributed by atoms with Gasteiger partial charge in [-0.05, 0) is 60.2 Å². The Kier molecular flexibility index (Phi) is 10.9. The van der Waals surface area contributed by atoms with Crippen LogP contribution in [0.1, 0.15) is 79.9 Å². The molecule has 0 atom stereocenters. The Balaban J connectivity index is 1.34. The maximum atomic E-state index is 14.2. The lowest BCUT2D eigenvalue weighted by Gasteiger charge is -2.36. The summed E-state index contributed by atoms with van der Waals surface area (Å²) in [5, 5.41) is 0. The topological polar surface area (TPSA) is 45.6 Å². The standard InChI is InChI=1S/C38H45N3O2/c1-2-3-13-26-40(38(43)34-24-22-33(23-25-34)32-17-9-5-10-18-32)30-37(42)41(35-19-11-6-12-20-35)29-36-21-14-27-39(36)28-31-15-7-4-8-16-31/h4-5,7-10,14-18,21-25,27,35H,2-3,6,11-13,19-20,26,28-30H2,1H3. The molecule has 0 unspecified atom stereocenters. The molecule has 2 amide bonds. The van der Waals surface area contributed by atoms with Gasteiger partial charge < -0.3 is 14.4 Å². The number of amides is 2. The molecule has 5 rings (SSSR count). The Hall–Kier alpha value is -4.12. The number of unbranched alkanes of at least 4 members (excludes halogenated alkanes) is 2. The Morgan fingerprint density at radius 2 is 1.44 bits per heavy atom. The first kappa shape index (κ1) is 30.3. The number of hydrogen-bond donors (Lipinski definition) is 0. The van der Waals surface area contributed by atoms with Crippen LogP contribution in [0.25, 0.3) is 11.1 Å². The first-order valence-electron chi connectivity index (χ1n) is 16.0. The van der Waals surface area contributed by atoms with Crippen molar-refractivity contribution in [2.24, 2.45) is 0 Å². The number of aromatic nitrogens is 1. The molecule has 1 aliphatic rings. The van der Waals surface area contributed by atoms with E-state index >= 15 is 0 Å². The van der Waals surface area contributed by atoms with Gasteiger partial charge in [0.2, 0.25) is 5.91 Å². The fourth-order valence-corrected chi connectivity index (χ4v) is 6.19. The predicted molar refractivity (Wildman–Crippen MR) is 175 cm³/mol. The van der Waals surface area contributed by atoms with Crippen molar-refractivity contribution in [3.8, 4) is 11.1 Å². The van der Waals surface area contributed by atoms with Crippen molar-refractivity contribution in [3.63, 3.8) is 0 Å². The van der Waals surface area contributed by atoms with Crippen LogP contribution in [0.3, 0.4) is 0 Å². The molecule has 0 bridgehead atoms. The highest BCUT2D eigenvalue weighted by Crippen LogP contribution is 2.26. The molecule has 3 aromatic carbocycles. The third-order valence-corrected chi connectivity index (χ3v) is 8.67. The molecule has 5 nitrogen and oxygen atoms in total. The van der Waals surface area contributed by atoms with E-state index in [1.54, 1.807) is 4.90 Å². The molecule has 1 saturated carbocycles. The fourth-order valence-electron chi connectivity index (χ4n) is 6.19. The minimum absolute atomic E-state index is 0.0464. The van der Waals surface area contributed by atoms with Crippen molar-refractivity contribution < 1.29 is 9.59 Å². The summed E-state index contributed by atoms with van der Waals surface area (Å²) in [5.41, 5.74) is 5.19. The quantitative estimate of drug-likeness (QED) is 0.151. The van der Waals surface area contributed by atoms with E-state index in [-0.39, 0.29) is 24.4 Å². The molecule has 1 aromatic heterocycles. The summed E-state index contributed by atoms with van der Waals surface area (Å²) >= 11 is 0. The van der Waals surface area contributed by atoms with Gasteiger partial charge in [0, 0.05) is 36.6 Å². The second-order valence-electron chi connectivity index (χ2n) is 11.8. The van der Waals surface area contributed by atoms with Crippen LogP contribution in [0.2, 0.25) is 0 Å². The van der Waals surface area contributed by atoms with Crippen LogP contribution in [0, 0.1) is 0 Å². The smallest absolute Gasteiger partial charge is 0.254 e. The Bertz CT molecular complexity index is 1420. The number of carbonyl (C=O) groups excluding carboxylic acids is 2. The zero-order valence-electron chi connectivity index (χ0n) is 25.5.